The van der Waals surface area contributed by atoms with Gasteiger partial charge in [-0.3, -0.25) is 8.62 Å². The molecule has 0 aliphatic carbocycles. The molecule has 0 amide bonds. The third kappa shape index (κ3) is 7.89. The average Bonchev–Trinajstić information content (AvgIpc) is 1.58. The zero-order chi connectivity index (χ0) is 8.15. The maximum atomic E-state index is 8.50. The molecule has 0 aliphatic rings. The fourth-order valence-electron chi connectivity index (χ4n) is 0.163. The molecule has 2 unspecified atom stereocenters. The van der Waals surface area contributed by atoms with Crippen molar-refractivity contribution < 1.29 is 18.4 Å². The molecule has 0 aromatic rings. The molecule has 0 aliphatic heterocycles. The van der Waals surface area contributed by atoms with Crippen LogP contribution >= 0.6 is 21.5 Å². The number of hydrogen-bond donors (Lipinski definition) is 2. The Balaban J connectivity index is 3.65. The molecular formula is H5O4P3S3. The summed E-state index contributed by atoms with van der Waals surface area (Å²) in [5, 5.41) is 0. The van der Waals surface area contributed by atoms with Crippen LogP contribution in [0.1, 0.15) is 0 Å². The van der Waals surface area contributed by atoms with Crippen molar-refractivity contribution in [1.29, 1.82) is 0 Å². The fourth-order valence-corrected chi connectivity index (χ4v) is 5.58. The largest absolute Gasteiger partial charge is 0.347 e. The highest BCUT2D eigenvalue weighted by Crippen LogP contribution is 2.43. The van der Waals surface area contributed by atoms with Gasteiger partial charge in [0.2, 0.25) is 0 Å². The Kier molecular flexibility index (Phi) is 7.45. The Morgan fingerprint density at radius 3 is 1.40 bits per heavy atom. The van der Waals surface area contributed by atoms with E-state index in [0.717, 1.165) is 0 Å². The van der Waals surface area contributed by atoms with Gasteiger partial charge in [-0.15, -0.1) is 0 Å². The van der Waals surface area contributed by atoms with E-state index in [1.54, 1.807) is 0 Å². The standard InChI is InChI=1S/H5O4P3S3/c1-5(8)3-7(10)4-6(2)9/h5-7H,(H,1,8)(H,2,9). The maximum absolute atomic E-state index is 8.50. The van der Waals surface area contributed by atoms with Gasteiger partial charge in [0.15, 0.2) is 21.5 Å². The summed E-state index contributed by atoms with van der Waals surface area (Å²) >= 11 is 13.2. The lowest BCUT2D eigenvalue weighted by Gasteiger charge is -2.03. The lowest BCUT2D eigenvalue weighted by molar-refractivity contribution is 0.483. The van der Waals surface area contributed by atoms with Gasteiger partial charge < -0.3 is 9.79 Å². The van der Waals surface area contributed by atoms with Crippen molar-refractivity contribution in [3.8, 4) is 0 Å². The van der Waals surface area contributed by atoms with Gasteiger partial charge in [-0.25, -0.2) is 0 Å². The van der Waals surface area contributed by atoms with Crippen LogP contribution in [0.5, 0.6) is 0 Å². The highest BCUT2D eigenvalue weighted by molar-refractivity contribution is 8.10. The van der Waals surface area contributed by atoms with Crippen molar-refractivity contribution in [1.82, 2.24) is 0 Å². The van der Waals surface area contributed by atoms with Crippen LogP contribution in [0.15, 0.2) is 0 Å². The topological polar surface area (TPSA) is 58.9 Å². The van der Waals surface area contributed by atoms with Crippen molar-refractivity contribution >= 4 is 56.9 Å². The molecule has 0 radical (unpaired) electrons. The second-order valence-electron chi connectivity index (χ2n) is 0.986. The van der Waals surface area contributed by atoms with Crippen molar-refractivity contribution in [2.24, 2.45) is 0 Å². The fraction of sp³-hybridized carbons (Fsp3) is 0. The molecule has 62 valence electrons. The first-order valence-electron chi connectivity index (χ1n) is 1.88. The third-order valence-corrected chi connectivity index (χ3v) is 6.07. The Morgan fingerprint density at radius 2 is 1.20 bits per heavy atom. The highest BCUT2D eigenvalue weighted by atomic mass is 32.5. The van der Waals surface area contributed by atoms with Crippen molar-refractivity contribution in [3.05, 3.63) is 0 Å². The van der Waals surface area contributed by atoms with E-state index in [1.807, 2.05) is 0 Å². The second-order valence-corrected chi connectivity index (χ2v) is 7.28. The van der Waals surface area contributed by atoms with E-state index >= 15 is 0 Å². The first-order valence-corrected chi connectivity index (χ1v) is 9.30. The summed E-state index contributed by atoms with van der Waals surface area (Å²) < 4.78 is 9.05. The Hall–Kier alpha value is 1.79. The van der Waals surface area contributed by atoms with E-state index in [-0.39, 0.29) is 0 Å². The first kappa shape index (κ1) is 11.8. The highest BCUT2D eigenvalue weighted by Gasteiger charge is 1.96. The summed E-state index contributed by atoms with van der Waals surface area (Å²) in [6.07, 6.45) is 0. The summed E-state index contributed by atoms with van der Waals surface area (Å²) in [7, 11) is -6.46. The summed E-state index contributed by atoms with van der Waals surface area (Å²) in [5.41, 5.74) is 0. The Labute approximate surface area is 75.3 Å². The molecule has 0 saturated heterocycles. The molecule has 2 N–H and O–H groups in total. The van der Waals surface area contributed by atoms with E-state index < -0.39 is 21.5 Å². The average molecular weight is 258 g/mol. The normalized spacial score (nSPS) is 19.8. The minimum absolute atomic E-state index is 2.02. The minimum atomic E-state index is -2.22. The smallest absolute Gasteiger partial charge is 0.187 e. The minimum Gasteiger partial charge on any atom is -0.347 e. The van der Waals surface area contributed by atoms with Gasteiger partial charge >= 0.3 is 0 Å². The van der Waals surface area contributed by atoms with Gasteiger partial charge in [-0.1, -0.05) is 0 Å². The molecule has 0 aromatic carbocycles. The summed E-state index contributed by atoms with van der Waals surface area (Å²) in [6, 6.07) is 0. The molecule has 0 saturated carbocycles. The molecule has 0 spiro atoms. The monoisotopic (exact) mass is 258 g/mol. The van der Waals surface area contributed by atoms with E-state index in [1.165, 1.54) is 0 Å². The van der Waals surface area contributed by atoms with E-state index in [2.05, 4.69) is 44.0 Å². The van der Waals surface area contributed by atoms with Crippen molar-refractivity contribution in [3.63, 3.8) is 0 Å². The van der Waals surface area contributed by atoms with Crippen LogP contribution in [0.25, 0.3) is 0 Å². The van der Waals surface area contributed by atoms with Gasteiger partial charge in [0.1, 0.15) is 0 Å². The SMILES string of the molecule is O[PH](=S)O[PH](=S)O[PH](O)=S. The lowest BCUT2D eigenvalue weighted by atomic mass is 15.8. The van der Waals surface area contributed by atoms with Crippen LogP contribution in [0, 0.1) is 0 Å². The zero-order valence-corrected chi connectivity index (χ0v) is 9.89. The van der Waals surface area contributed by atoms with Crippen LogP contribution < -0.4 is 0 Å². The quantitative estimate of drug-likeness (QED) is 0.713. The molecule has 0 rings (SSSR count). The molecule has 0 bridgehead atoms. The van der Waals surface area contributed by atoms with Gasteiger partial charge in [0.25, 0.3) is 0 Å². The Morgan fingerprint density at radius 1 is 0.900 bits per heavy atom. The van der Waals surface area contributed by atoms with Crippen LogP contribution in [0.4, 0.5) is 0 Å². The van der Waals surface area contributed by atoms with Crippen LogP contribution in [-0.2, 0) is 44.0 Å². The molecule has 4 nitrogen and oxygen atoms in total. The second kappa shape index (κ2) is 6.32. The van der Waals surface area contributed by atoms with Crippen LogP contribution in [0.2, 0.25) is 0 Å². The molecule has 0 aromatic heterocycles. The lowest BCUT2D eigenvalue weighted by Crippen LogP contribution is -1.65. The zero-order valence-electron chi connectivity index (χ0n) is 4.44. The van der Waals surface area contributed by atoms with Crippen LogP contribution in [-0.4, -0.2) is 9.79 Å². The summed E-state index contributed by atoms with van der Waals surface area (Å²) in [6.45, 7) is 0. The summed E-state index contributed by atoms with van der Waals surface area (Å²) in [4.78, 5) is 17.0. The molecule has 0 heterocycles. The van der Waals surface area contributed by atoms with Gasteiger partial charge in [0.05, 0.1) is 0 Å². The summed E-state index contributed by atoms with van der Waals surface area (Å²) in [5.74, 6) is 0. The molecule has 0 fully saturated rings. The number of hydrogen-bond acceptors (Lipinski definition) is 5. The van der Waals surface area contributed by atoms with Gasteiger partial charge in [0, 0.05) is 0 Å². The van der Waals surface area contributed by atoms with E-state index in [9.17, 15) is 0 Å². The number of rotatable bonds is 4. The first-order chi connectivity index (χ1) is 4.52. The Bertz CT molecular complexity index is 159. The predicted molar refractivity (Wildman–Crippen MR) is 53.6 cm³/mol. The van der Waals surface area contributed by atoms with Crippen LogP contribution in [0.3, 0.4) is 0 Å². The molecule has 10 heavy (non-hydrogen) atoms. The van der Waals surface area contributed by atoms with Gasteiger partial charge in [-0.2, -0.15) is 0 Å². The van der Waals surface area contributed by atoms with E-state index in [0.29, 0.717) is 0 Å². The molecule has 2 atom stereocenters. The van der Waals surface area contributed by atoms with Crippen molar-refractivity contribution in [2.45, 2.75) is 0 Å². The predicted octanol–water partition coefficient (Wildman–Crippen LogP) is 0.522. The van der Waals surface area contributed by atoms with Gasteiger partial charge in [-0.05, 0) is 35.4 Å². The molecule has 10 heteroatoms. The maximum Gasteiger partial charge on any atom is 0.187 e. The molecular weight excluding hydrogens is 253 g/mol. The third-order valence-electron chi connectivity index (χ3n) is 0.341. The van der Waals surface area contributed by atoms with Crippen molar-refractivity contribution in [2.75, 3.05) is 0 Å². The van der Waals surface area contributed by atoms with E-state index in [4.69, 9.17) is 9.79 Å².